The number of aliphatic hydroxyl groups excluding tert-OH is 2. The molecule has 4 heteroatoms. The van der Waals surface area contributed by atoms with Crippen LogP contribution in [0.4, 0.5) is 0 Å². The molecule has 0 heterocycles. The highest BCUT2D eigenvalue weighted by atomic mass is 16.5. The molecule has 5 aromatic carbocycles. The molecule has 2 N–H and O–H groups in total. The summed E-state index contributed by atoms with van der Waals surface area (Å²) in [5, 5.41) is 18.3. The highest BCUT2D eigenvalue weighted by Crippen LogP contribution is 2.39. The Hall–Kier alpha value is -6.14. The van der Waals surface area contributed by atoms with Crippen LogP contribution in [0.5, 0.6) is 11.5 Å². The van der Waals surface area contributed by atoms with Crippen LogP contribution in [-0.2, 0) is 0 Å². The summed E-state index contributed by atoms with van der Waals surface area (Å²) in [4.78, 5) is 0. The standard InChI is InChI=1S/C64H74O4/c1-51-23-31-55(32-24-51)39-43-59-60(44-40-56-33-25-52(2)26-34-56)64(68-50-22-18-14-10-6-8-12-16-20-48-66)62(46-42-58-37-29-54(4)30-38-58)61(45-41-57-35-27-53(3)28-36-57)63(59)67-49-21-17-13-9-5-7-11-15-19-47-65/h23-38,65-66H,5-22,47-50H2,1-4H3. The second-order valence-corrected chi connectivity index (χ2v) is 18.1. The molecule has 0 aliphatic heterocycles. The molecule has 0 aromatic heterocycles. The molecule has 0 saturated carbocycles. The van der Waals surface area contributed by atoms with Crippen molar-refractivity contribution in [3.05, 3.63) is 164 Å². The molecule has 0 radical (unpaired) electrons. The van der Waals surface area contributed by atoms with Crippen molar-refractivity contribution < 1.29 is 19.7 Å². The van der Waals surface area contributed by atoms with Gasteiger partial charge in [-0.15, -0.1) is 0 Å². The van der Waals surface area contributed by atoms with E-state index in [1.54, 1.807) is 0 Å². The Balaban J connectivity index is 1.66. The first kappa shape index (κ1) is 52.8. The smallest absolute Gasteiger partial charge is 0.153 e. The molecule has 0 fully saturated rings. The molecule has 0 spiro atoms. The quantitative estimate of drug-likeness (QED) is 0.0478. The maximum absolute atomic E-state index is 9.14. The van der Waals surface area contributed by atoms with Crippen molar-refractivity contribution in [2.45, 2.75) is 143 Å². The van der Waals surface area contributed by atoms with E-state index in [0.717, 1.165) is 86.5 Å². The van der Waals surface area contributed by atoms with Gasteiger partial charge in [0.1, 0.15) is 0 Å². The van der Waals surface area contributed by atoms with Gasteiger partial charge in [0.15, 0.2) is 11.5 Å². The summed E-state index contributed by atoms with van der Waals surface area (Å²) in [6.45, 7) is 9.89. The van der Waals surface area contributed by atoms with E-state index in [0.29, 0.717) is 47.0 Å². The Labute approximate surface area is 410 Å². The van der Waals surface area contributed by atoms with Crippen LogP contribution in [0.1, 0.15) is 182 Å². The molecule has 0 atom stereocenters. The molecule has 0 aliphatic carbocycles. The van der Waals surface area contributed by atoms with E-state index in [4.69, 9.17) is 19.7 Å². The van der Waals surface area contributed by atoms with Gasteiger partial charge in [0.25, 0.3) is 0 Å². The summed E-state index contributed by atoms with van der Waals surface area (Å²) in [6, 6.07) is 33.1. The van der Waals surface area contributed by atoms with Gasteiger partial charge in [-0.3, -0.25) is 0 Å². The predicted octanol–water partition coefficient (Wildman–Crippen LogP) is 14.3. The minimum Gasteiger partial charge on any atom is -0.491 e. The Morgan fingerprint density at radius 2 is 0.485 bits per heavy atom. The molecule has 0 amide bonds. The number of hydrogen-bond donors (Lipinski definition) is 2. The fraction of sp³-hybridized carbons (Fsp3) is 0.406. The Bertz CT molecular complexity index is 2190. The first-order valence-electron chi connectivity index (χ1n) is 25.4. The molecule has 5 aromatic rings. The van der Waals surface area contributed by atoms with Gasteiger partial charge in [-0.25, -0.2) is 0 Å². The maximum Gasteiger partial charge on any atom is 0.153 e. The fourth-order valence-electron chi connectivity index (χ4n) is 7.81. The van der Waals surface area contributed by atoms with Crippen LogP contribution in [0.3, 0.4) is 0 Å². The number of aliphatic hydroxyl groups is 2. The van der Waals surface area contributed by atoms with E-state index in [9.17, 15) is 0 Å². The Morgan fingerprint density at radius 1 is 0.279 bits per heavy atom. The van der Waals surface area contributed by atoms with E-state index in [1.807, 2.05) is 0 Å². The van der Waals surface area contributed by atoms with E-state index in [2.05, 4.69) is 172 Å². The lowest BCUT2D eigenvalue weighted by atomic mass is 9.94. The SMILES string of the molecule is Cc1ccc(C#Cc2c(C#Cc3ccc(C)cc3)c(OCCCCCCCCCCCO)c(C#Cc3ccc(C)cc3)c(C#Cc3ccc(C)cc3)c2OCCCCCCCCCCCO)cc1. The average Bonchev–Trinajstić information content (AvgIpc) is 3.35. The molecule has 0 bridgehead atoms. The third-order valence-electron chi connectivity index (χ3n) is 12.0. The first-order valence-corrected chi connectivity index (χ1v) is 25.4. The highest BCUT2D eigenvalue weighted by molar-refractivity contribution is 5.77. The van der Waals surface area contributed by atoms with Crippen molar-refractivity contribution >= 4 is 0 Å². The summed E-state index contributed by atoms with van der Waals surface area (Å²) < 4.78 is 14.0. The Kier molecular flexibility index (Phi) is 24.1. The number of aryl methyl sites for hydroxylation is 4. The lowest BCUT2D eigenvalue weighted by Gasteiger charge is -2.19. The van der Waals surface area contributed by atoms with Crippen LogP contribution in [0.15, 0.2) is 97.1 Å². The van der Waals surface area contributed by atoms with Crippen molar-refractivity contribution in [1.29, 1.82) is 0 Å². The fourth-order valence-corrected chi connectivity index (χ4v) is 7.81. The zero-order valence-electron chi connectivity index (χ0n) is 41.5. The largest absolute Gasteiger partial charge is 0.491 e. The minimum atomic E-state index is 0.282. The van der Waals surface area contributed by atoms with E-state index in [1.165, 1.54) is 73.6 Å². The second-order valence-electron chi connectivity index (χ2n) is 18.1. The van der Waals surface area contributed by atoms with Gasteiger partial charge in [0.05, 0.1) is 35.5 Å². The molecule has 0 saturated heterocycles. The van der Waals surface area contributed by atoms with Crippen LogP contribution in [0.25, 0.3) is 0 Å². The number of benzene rings is 5. The number of hydrogen-bond acceptors (Lipinski definition) is 4. The van der Waals surface area contributed by atoms with Gasteiger partial charge in [-0.1, -0.05) is 208 Å². The number of unbranched alkanes of at least 4 members (excludes halogenated alkanes) is 16. The number of rotatable bonds is 24. The Morgan fingerprint density at radius 3 is 0.706 bits per heavy atom. The van der Waals surface area contributed by atoms with E-state index in [-0.39, 0.29) is 13.2 Å². The van der Waals surface area contributed by atoms with Gasteiger partial charge >= 0.3 is 0 Å². The summed E-state index contributed by atoms with van der Waals surface area (Å²) in [6.07, 6.45) is 19.7. The topological polar surface area (TPSA) is 58.9 Å². The zero-order chi connectivity index (χ0) is 48.0. The van der Waals surface area contributed by atoms with Gasteiger partial charge in [-0.05, 0) is 102 Å². The van der Waals surface area contributed by atoms with E-state index >= 15 is 0 Å². The monoisotopic (exact) mass is 907 g/mol. The summed E-state index contributed by atoms with van der Waals surface area (Å²) in [7, 11) is 0. The van der Waals surface area contributed by atoms with Crippen molar-refractivity contribution in [2.75, 3.05) is 26.4 Å². The van der Waals surface area contributed by atoms with Crippen molar-refractivity contribution in [2.24, 2.45) is 0 Å². The van der Waals surface area contributed by atoms with Crippen LogP contribution < -0.4 is 9.47 Å². The third-order valence-corrected chi connectivity index (χ3v) is 12.0. The van der Waals surface area contributed by atoms with Crippen LogP contribution >= 0.6 is 0 Å². The molecule has 4 nitrogen and oxygen atoms in total. The van der Waals surface area contributed by atoms with Gasteiger partial charge in [0.2, 0.25) is 0 Å². The van der Waals surface area contributed by atoms with Crippen LogP contribution in [0, 0.1) is 75.1 Å². The third kappa shape index (κ3) is 19.2. The number of ether oxygens (including phenoxy) is 2. The van der Waals surface area contributed by atoms with Crippen LogP contribution in [-0.4, -0.2) is 36.6 Å². The molecule has 0 aliphatic rings. The molecule has 68 heavy (non-hydrogen) atoms. The van der Waals surface area contributed by atoms with Crippen molar-refractivity contribution in [1.82, 2.24) is 0 Å². The van der Waals surface area contributed by atoms with Gasteiger partial charge in [0, 0.05) is 35.5 Å². The predicted molar refractivity (Wildman–Crippen MR) is 283 cm³/mol. The average molecular weight is 907 g/mol. The van der Waals surface area contributed by atoms with Crippen molar-refractivity contribution in [3.63, 3.8) is 0 Å². The summed E-state index contributed by atoms with van der Waals surface area (Å²) >= 11 is 0. The summed E-state index contributed by atoms with van der Waals surface area (Å²) in [5.41, 5.74) is 10.9. The lowest BCUT2D eigenvalue weighted by Crippen LogP contribution is -2.09. The lowest BCUT2D eigenvalue weighted by molar-refractivity contribution is 0.281. The van der Waals surface area contributed by atoms with Crippen LogP contribution in [0.2, 0.25) is 0 Å². The molecule has 354 valence electrons. The van der Waals surface area contributed by atoms with Gasteiger partial charge < -0.3 is 19.7 Å². The second kappa shape index (κ2) is 31.0. The minimum absolute atomic E-state index is 0.282. The molecular formula is C64H74O4. The van der Waals surface area contributed by atoms with Gasteiger partial charge in [-0.2, -0.15) is 0 Å². The maximum atomic E-state index is 9.14. The zero-order valence-corrected chi connectivity index (χ0v) is 41.5. The van der Waals surface area contributed by atoms with E-state index < -0.39 is 0 Å². The van der Waals surface area contributed by atoms with Crippen molar-refractivity contribution in [3.8, 4) is 58.9 Å². The normalized spacial score (nSPS) is 10.4. The highest BCUT2D eigenvalue weighted by Gasteiger charge is 2.24. The molecule has 5 rings (SSSR count). The molecule has 0 unspecified atom stereocenters. The molecular weight excluding hydrogens is 833 g/mol. The first-order chi connectivity index (χ1) is 33.3. The summed E-state index contributed by atoms with van der Waals surface area (Å²) in [5.74, 6) is 29.4.